The summed E-state index contributed by atoms with van der Waals surface area (Å²) in [6, 6.07) is 0. The monoisotopic (exact) mass is 422 g/mol. The van der Waals surface area contributed by atoms with Crippen molar-refractivity contribution in [3.05, 3.63) is 24.3 Å². The number of aliphatic hydroxyl groups is 1. The predicted molar refractivity (Wildman–Crippen MR) is 127 cm³/mol. The van der Waals surface area contributed by atoms with E-state index in [2.05, 4.69) is 57.8 Å². The van der Waals surface area contributed by atoms with Gasteiger partial charge in [-0.1, -0.05) is 96.3 Å². The third-order valence-corrected chi connectivity index (χ3v) is 9.85. The molecule has 0 radical (unpaired) electrons. The smallest absolute Gasteiger partial charge is 0.313 e. The van der Waals surface area contributed by atoms with E-state index in [-0.39, 0.29) is 17.1 Å². The molecule has 0 amide bonds. The molecule has 29 heavy (non-hydrogen) atoms. The lowest BCUT2D eigenvalue weighted by molar-refractivity contribution is -0.186. The Hall–Kier alpha value is -0.873. The van der Waals surface area contributed by atoms with E-state index < -0.39 is 14.2 Å². The number of unbranched alkanes of at least 4 members (excludes halogenated alkanes) is 6. The minimum atomic E-state index is -1.75. The van der Waals surface area contributed by atoms with Crippen molar-refractivity contribution in [3.63, 3.8) is 0 Å². The van der Waals surface area contributed by atoms with E-state index in [1.807, 2.05) is 0 Å². The summed E-state index contributed by atoms with van der Waals surface area (Å²) in [5, 5.41) is 10.2. The minimum absolute atomic E-state index is 0.00545. The lowest BCUT2D eigenvalue weighted by Crippen LogP contribution is -2.63. The maximum absolute atomic E-state index is 12.6. The molecule has 0 aromatic carbocycles. The van der Waals surface area contributed by atoms with Crippen LogP contribution in [0.4, 0.5) is 0 Å². The fourth-order valence-electron chi connectivity index (χ4n) is 4.41. The van der Waals surface area contributed by atoms with Crippen LogP contribution < -0.4 is 0 Å². The highest BCUT2D eigenvalue weighted by atomic mass is 28.3. The van der Waals surface area contributed by atoms with Gasteiger partial charge in [0, 0.05) is 6.42 Å². The third kappa shape index (κ3) is 8.05. The normalized spacial score (nSPS) is 23.5. The number of hydrogen-bond acceptors (Lipinski definition) is 3. The van der Waals surface area contributed by atoms with E-state index in [9.17, 15) is 9.90 Å². The molecule has 1 heterocycles. The SMILES string of the molecule is CCCCC/C=C\C/C=C\C[C@@H](O)C[C@@H]1OC(=O)C1(CCCCCC)[Si](C)(C)C. The van der Waals surface area contributed by atoms with Crippen LogP contribution in [0.5, 0.6) is 0 Å². The van der Waals surface area contributed by atoms with Crippen LogP contribution in [-0.4, -0.2) is 31.4 Å². The maximum atomic E-state index is 12.6. The fraction of sp³-hybridized carbons (Fsp3) is 0.800. The summed E-state index contributed by atoms with van der Waals surface area (Å²) in [5.74, 6) is -0.00545. The second-order valence-corrected chi connectivity index (χ2v) is 15.1. The lowest BCUT2D eigenvalue weighted by Gasteiger charge is -2.54. The van der Waals surface area contributed by atoms with E-state index in [1.54, 1.807) is 0 Å². The van der Waals surface area contributed by atoms with Crippen LogP contribution in [0.2, 0.25) is 24.7 Å². The first-order valence-corrected chi connectivity index (χ1v) is 15.5. The first-order chi connectivity index (χ1) is 13.8. The van der Waals surface area contributed by atoms with Gasteiger partial charge in [0.1, 0.15) is 6.10 Å². The number of hydrogen-bond donors (Lipinski definition) is 1. The molecule has 0 bridgehead atoms. The van der Waals surface area contributed by atoms with Crippen LogP contribution >= 0.6 is 0 Å². The summed E-state index contributed by atoms with van der Waals surface area (Å²) in [4.78, 5) is 12.6. The van der Waals surface area contributed by atoms with Gasteiger partial charge < -0.3 is 9.84 Å². The van der Waals surface area contributed by atoms with Gasteiger partial charge in [0.05, 0.1) is 19.2 Å². The van der Waals surface area contributed by atoms with Gasteiger partial charge in [0.15, 0.2) is 0 Å². The summed E-state index contributed by atoms with van der Waals surface area (Å²) < 4.78 is 5.60. The molecule has 4 heteroatoms. The van der Waals surface area contributed by atoms with Crippen LogP contribution in [0.25, 0.3) is 0 Å². The molecule has 168 valence electrons. The molecule has 1 fully saturated rings. The zero-order valence-electron chi connectivity index (χ0n) is 19.7. The fourth-order valence-corrected chi connectivity index (χ4v) is 7.15. The number of carbonyl (C=O) groups excluding carboxylic acids is 1. The van der Waals surface area contributed by atoms with E-state index in [0.29, 0.717) is 12.8 Å². The largest absolute Gasteiger partial charge is 0.461 e. The molecule has 1 N–H and O–H groups in total. The van der Waals surface area contributed by atoms with Crippen LogP contribution in [0.3, 0.4) is 0 Å². The molecule has 1 rings (SSSR count). The predicted octanol–water partition coefficient (Wildman–Crippen LogP) is 7.18. The van der Waals surface area contributed by atoms with Crippen molar-refractivity contribution in [3.8, 4) is 0 Å². The van der Waals surface area contributed by atoms with Gasteiger partial charge in [-0.25, -0.2) is 0 Å². The first kappa shape index (κ1) is 26.2. The summed E-state index contributed by atoms with van der Waals surface area (Å²) in [6.45, 7) is 11.3. The van der Waals surface area contributed by atoms with Gasteiger partial charge in [-0.3, -0.25) is 4.79 Å². The van der Waals surface area contributed by atoms with Crippen molar-refractivity contribution in [2.24, 2.45) is 0 Å². The number of aliphatic hydroxyl groups excluding tert-OH is 1. The second-order valence-electron chi connectivity index (χ2n) is 9.73. The number of ether oxygens (including phenoxy) is 1. The number of rotatable bonds is 16. The number of cyclic esters (lactones) is 1. The first-order valence-electron chi connectivity index (χ1n) is 12.0. The number of esters is 1. The van der Waals surface area contributed by atoms with Crippen LogP contribution in [-0.2, 0) is 9.53 Å². The molecule has 0 aromatic rings. The van der Waals surface area contributed by atoms with Gasteiger partial charge in [-0.15, -0.1) is 0 Å². The molecule has 0 aromatic heterocycles. The topological polar surface area (TPSA) is 46.5 Å². The second kappa shape index (κ2) is 13.4. The van der Waals surface area contributed by atoms with Crippen molar-refractivity contribution in [2.45, 2.75) is 128 Å². The molecule has 3 atom stereocenters. The molecule has 1 aliphatic rings. The summed E-state index contributed by atoms with van der Waals surface area (Å²) in [7, 11) is -1.75. The Morgan fingerprint density at radius 3 is 2.28 bits per heavy atom. The minimum Gasteiger partial charge on any atom is -0.461 e. The Balaban J connectivity index is 2.48. The van der Waals surface area contributed by atoms with Crippen LogP contribution in [0.15, 0.2) is 24.3 Å². The molecule has 0 spiro atoms. The lowest BCUT2D eigenvalue weighted by atomic mass is 9.85. The molecule has 0 saturated carbocycles. The molecule has 1 saturated heterocycles. The van der Waals surface area contributed by atoms with Gasteiger partial charge in [-0.05, 0) is 32.1 Å². The molecular weight excluding hydrogens is 376 g/mol. The number of allylic oxidation sites excluding steroid dienone is 3. The van der Waals surface area contributed by atoms with Gasteiger partial charge in [0.2, 0.25) is 0 Å². The van der Waals surface area contributed by atoms with E-state index >= 15 is 0 Å². The van der Waals surface area contributed by atoms with E-state index in [4.69, 9.17) is 4.74 Å². The summed E-state index contributed by atoms with van der Waals surface area (Å²) in [6.07, 6.45) is 20.9. The Labute approximate surface area is 181 Å². The van der Waals surface area contributed by atoms with Crippen LogP contribution in [0.1, 0.15) is 90.9 Å². The Morgan fingerprint density at radius 1 is 1.00 bits per heavy atom. The van der Waals surface area contributed by atoms with Crippen LogP contribution in [0, 0.1) is 0 Å². The maximum Gasteiger partial charge on any atom is 0.313 e. The summed E-state index contributed by atoms with van der Waals surface area (Å²) >= 11 is 0. The molecular formula is C25H46O3Si. The highest BCUT2D eigenvalue weighted by molar-refractivity contribution is 6.83. The molecule has 0 aliphatic carbocycles. The molecule has 3 nitrogen and oxygen atoms in total. The standard InChI is InChI=1S/C25H46O3Si/c1-6-8-10-12-13-14-15-16-17-19-22(26)21-23-25(24(27)28-23,29(3,4)5)20-18-11-9-7-2/h13-14,16-17,22-23,26H,6-12,15,18-21H2,1-5H3/b14-13-,17-16-/t22-,23+,25?/m1/s1. The van der Waals surface area contributed by atoms with Crippen molar-refractivity contribution in [2.75, 3.05) is 0 Å². The van der Waals surface area contributed by atoms with Crippen molar-refractivity contribution < 1.29 is 14.6 Å². The van der Waals surface area contributed by atoms with Gasteiger partial charge in [0.25, 0.3) is 0 Å². The van der Waals surface area contributed by atoms with Crippen molar-refractivity contribution in [1.82, 2.24) is 0 Å². The zero-order chi connectivity index (χ0) is 21.8. The Bertz CT molecular complexity index is 521. The van der Waals surface area contributed by atoms with Gasteiger partial charge >= 0.3 is 5.97 Å². The highest BCUT2D eigenvalue weighted by Gasteiger charge is 2.64. The quantitative estimate of drug-likeness (QED) is 0.124. The molecule has 1 aliphatic heterocycles. The summed E-state index contributed by atoms with van der Waals surface area (Å²) in [5.41, 5.74) is 0. The Morgan fingerprint density at radius 2 is 1.66 bits per heavy atom. The number of carbonyl (C=O) groups is 1. The average molecular weight is 423 g/mol. The average Bonchev–Trinajstić information content (AvgIpc) is 2.65. The Kier molecular flexibility index (Phi) is 12.1. The van der Waals surface area contributed by atoms with E-state index in [1.165, 1.54) is 38.5 Å². The van der Waals surface area contributed by atoms with Gasteiger partial charge in [-0.2, -0.15) is 0 Å². The van der Waals surface area contributed by atoms with E-state index in [0.717, 1.165) is 25.7 Å². The highest BCUT2D eigenvalue weighted by Crippen LogP contribution is 2.56. The van der Waals surface area contributed by atoms with Crippen molar-refractivity contribution >= 4 is 14.0 Å². The molecule has 1 unspecified atom stereocenters. The third-order valence-electron chi connectivity index (χ3n) is 6.40. The zero-order valence-corrected chi connectivity index (χ0v) is 20.7. The van der Waals surface area contributed by atoms with Crippen molar-refractivity contribution in [1.29, 1.82) is 0 Å².